The van der Waals surface area contributed by atoms with Crippen molar-refractivity contribution in [3.63, 3.8) is 0 Å². The molecule has 0 saturated carbocycles. The lowest BCUT2D eigenvalue weighted by Crippen LogP contribution is -2.28. The van der Waals surface area contributed by atoms with Gasteiger partial charge in [-0.05, 0) is 43.5 Å². The van der Waals surface area contributed by atoms with Crippen molar-refractivity contribution < 1.29 is 4.79 Å². The van der Waals surface area contributed by atoms with Crippen molar-refractivity contribution in [3.05, 3.63) is 52.9 Å². The Kier molecular flexibility index (Phi) is 4.79. The summed E-state index contributed by atoms with van der Waals surface area (Å²) in [7, 11) is 1.77. The van der Waals surface area contributed by atoms with Crippen molar-refractivity contribution >= 4 is 16.9 Å². The fourth-order valence-corrected chi connectivity index (χ4v) is 2.87. The van der Waals surface area contributed by atoms with E-state index in [1.54, 1.807) is 18.1 Å². The first-order chi connectivity index (χ1) is 12.0. The maximum atomic E-state index is 12.8. The summed E-state index contributed by atoms with van der Waals surface area (Å²) in [6.45, 7) is 6.63. The van der Waals surface area contributed by atoms with Gasteiger partial charge in [-0.1, -0.05) is 13.3 Å². The highest BCUT2D eigenvalue weighted by molar-refractivity contribution is 5.94. The summed E-state index contributed by atoms with van der Waals surface area (Å²) in [5, 5.41) is 0. The number of H-pyrrole nitrogens is 1. The van der Waals surface area contributed by atoms with Crippen molar-refractivity contribution in [2.75, 3.05) is 7.05 Å². The van der Waals surface area contributed by atoms with Crippen molar-refractivity contribution in [3.8, 4) is 0 Å². The molecule has 3 rings (SSSR count). The zero-order valence-corrected chi connectivity index (χ0v) is 15.1. The van der Waals surface area contributed by atoms with E-state index >= 15 is 0 Å². The summed E-state index contributed by atoms with van der Waals surface area (Å²) >= 11 is 0. The van der Waals surface area contributed by atoms with E-state index in [4.69, 9.17) is 0 Å². The second-order valence-corrected chi connectivity index (χ2v) is 6.43. The summed E-state index contributed by atoms with van der Waals surface area (Å²) in [6.07, 6.45) is 4.79. The number of rotatable bonds is 5. The molecular weight excluding hydrogens is 314 g/mol. The second kappa shape index (κ2) is 7.01. The normalized spacial score (nSPS) is 11.0. The third-order valence-corrected chi connectivity index (χ3v) is 4.39. The van der Waals surface area contributed by atoms with Crippen LogP contribution in [0, 0.1) is 13.8 Å². The summed E-state index contributed by atoms with van der Waals surface area (Å²) in [5.74, 6) is 0.682. The molecule has 1 aromatic carbocycles. The summed E-state index contributed by atoms with van der Waals surface area (Å²) < 4.78 is 0. The standard InChI is InChI=1S/C19H23N5O/c1-5-6-15-14(9-20-11-21-15)19(25)24(4)10-18-22-16-7-12(2)13(3)8-17(16)23-18/h7-9,11H,5-6,10H2,1-4H3,(H,22,23). The van der Waals surface area contributed by atoms with Gasteiger partial charge in [-0.15, -0.1) is 0 Å². The van der Waals surface area contributed by atoms with E-state index in [1.807, 2.05) is 0 Å². The average molecular weight is 337 g/mol. The lowest BCUT2D eigenvalue weighted by atomic mass is 10.1. The number of nitrogens with one attached hydrogen (secondary N) is 1. The van der Waals surface area contributed by atoms with Crippen molar-refractivity contribution in [2.24, 2.45) is 0 Å². The summed E-state index contributed by atoms with van der Waals surface area (Å²) in [4.78, 5) is 30.6. The topological polar surface area (TPSA) is 74.8 Å². The van der Waals surface area contributed by atoms with Crippen LogP contribution in [0.25, 0.3) is 11.0 Å². The Morgan fingerprint density at radius 2 is 2.00 bits per heavy atom. The number of imidazole rings is 1. The SMILES string of the molecule is CCCc1ncncc1C(=O)N(C)Cc1nc2cc(C)c(C)cc2[nH]1. The minimum atomic E-state index is -0.0862. The Morgan fingerprint density at radius 1 is 1.24 bits per heavy atom. The summed E-state index contributed by atoms with van der Waals surface area (Å²) in [6, 6.07) is 4.16. The molecule has 0 unspecified atom stereocenters. The molecule has 0 aliphatic heterocycles. The predicted octanol–water partition coefficient (Wildman–Crippen LogP) is 3.19. The number of nitrogens with zero attached hydrogens (tertiary/aromatic N) is 4. The van der Waals surface area contributed by atoms with E-state index in [0.717, 1.165) is 35.4 Å². The van der Waals surface area contributed by atoms with Crippen LogP contribution in [0.5, 0.6) is 0 Å². The lowest BCUT2D eigenvalue weighted by molar-refractivity contribution is 0.0780. The van der Waals surface area contributed by atoms with Crippen molar-refractivity contribution in [1.29, 1.82) is 0 Å². The number of benzene rings is 1. The van der Waals surface area contributed by atoms with E-state index in [-0.39, 0.29) is 5.91 Å². The van der Waals surface area contributed by atoms with Crippen LogP contribution in [0.15, 0.2) is 24.7 Å². The van der Waals surface area contributed by atoms with Gasteiger partial charge in [-0.3, -0.25) is 4.79 Å². The Labute approximate surface area is 147 Å². The number of carbonyl (C=O) groups is 1. The number of aryl methyl sites for hydroxylation is 3. The zero-order chi connectivity index (χ0) is 18.0. The maximum Gasteiger partial charge on any atom is 0.257 e. The fraction of sp³-hybridized carbons (Fsp3) is 0.368. The monoisotopic (exact) mass is 337 g/mol. The molecule has 6 heteroatoms. The van der Waals surface area contributed by atoms with Crippen LogP contribution >= 0.6 is 0 Å². The molecule has 0 aliphatic carbocycles. The van der Waals surface area contributed by atoms with Gasteiger partial charge in [0.05, 0.1) is 28.8 Å². The van der Waals surface area contributed by atoms with Gasteiger partial charge in [0.15, 0.2) is 0 Å². The van der Waals surface area contributed by atoms with Crippen LogP contribution in [-0.4, -0.2) is 37.8 Å². The first-order valence-corrected chi connectivity index (χ1v) is 8.49. The number of hydrogen-bond acceptors (Lipinski definition) is 4. The quantitative estimate of drug-likeness (QED) is 0.776. The number of hydrogen-bond donors (Lipinski definition) is 1. The third kappa shape index (κ3) is 3.52. The van der Waals surface area contributed by atoms with Crippen LogP contribution < -0.4 is 0 Å². The molecule has 2 aromatic heterocycles. The highest BCUT2D eigenvalue weighted by Crippen LogP contribution is 2.18. The van der Waals surface area contributed by atoms with Gasteiger partial charge in [0.1, 0.15) is 12.2 Å². The first kappa shape index (κ1) is 17.1. The smallest absolute Gasteiger partial charge is 0.257 e. The summed E-state index contributed by atoms with van der Waals surface area (Å²) in [5.41, 5.74) is 5.71. The van der Waals surface area contributed by atoms with Gasteiger partial charge in [0.25, 0.3) is 5.91 Å². The molecule has 25 heavy (non-hydrogen) atoms. The highest BCUT2D eigenvalue weighted by Gasteiger charge is 2.18. The molecule has 6 nitrogen and oxygen atoms in total. The molecule has 0 fully saturated rings. The molecule has 0 atom stereocenters. The molecule has 2 heterocycles. The molecule has 1 amide bonds. The van der Waals surface area contributed by atoms with Gasteiger partial charge >= 0.3 is 0 Å². The number of aromatic amines is 1. The third-order valence-electron chi connectivity index (χ3n) is 4.39. The molecule has 0 aliphatic rings. The van der Waals surface area contributed by atoms with Gasteiger partial charge in [0.2, 0.25) is 0 Å². The van der Waals surface area contributed by atoms with Crippen LogP contribution in [0.1, 0.15) is 46.3 Å². The van der Waals surface area contributed by atoms with Crippen LogP contribution in [0.2, 0.25) is 0 Å². The van der Waals surface area contributed by atoms with E-state index in [2.05, 4.69) is 52.8 Å². The minimum absolute atomic E-state index is 0.0862. The number of amides is 1. The van der Waals surface area contributed by atoms with Crippen LogP contribution in [0.3, 0.4) is 0 Å². The fourth-order valence-electron chi connectivity index (χ4n) is 2.87. The largest absolute Gasteiger partial charge is 0.340 e. The van der Waals surface area contributed by atoms with Gasteiger partial charge in [-0.25, -0.2) is 15.0 Å². The Hall–Kier alpha value is -2.76. The molecule has 1 N–H and O–H groups in total. The predicted molar refractivity (Wildman–Crippen MR) is 97.4 cm³/mol. The van der Waals surface area contributed by atoms with Crippen LogP contribution in [-0.2, 0) is 13.0 Å². The highest BCUT2D eigenvalue weighted by atomic mass is 16.2. The molecule has 130 valence electrons. The van der Waals surface area contributed by atoms with Gasteiger partial charge < -0.3 is 9.88 Å². The van der Waals surface area contributed by atoms with E-state index in [9.17, 15) is 4.79 Å². The Balaban J connectivity index is 1.82. The van der Waals surface area contributed by atoms with Crippen LogP contribution in [0.4, 0.5) is 0 Å². The Bertz CT molecular complexity index is 876. The lowest BCUT2D eigenvalue weighted by Gasteiger charge is -2.17. The molecule has 0 bridgehead atoms. The Morgan fingerprint density at radius 3 is 2.76 bits per heavy atom. The van der Waals surface area contributed by atoms with E-state index in [0.29, 0.717) is 12.1 Å². The zero-order valence-electron chi connectivity index (χ0n) is 15.1. The van der Waals surface area contributed by atoms with E-state index in [1.165, 1.54) is 17.5 Å². The van der Waals surface area contributed by atoms with E-state index < -0.39 is 0 Å². The van der Waals surface area contributed by atoms with Gasteiger partial charge in [0, 0.05) is 13.2 Å². The maximum absolute atomic E-state index is 12.8. The first-order valence-electron chi connectivity index (χ1n) is 8.49. The second-order valence-electron chi connectivity index (χ2n) is 6.43. The molecular formula is C19H23N5O. The average Bonchev–Trinajstić information content (AvgIpc) is 2.96. The van der Waals surface area contributed by atoms with Crippen molar-refractivity contribution in [1.82, 2.24) is 24.8 Å². The number of carbonyl (C=O) groups excluding carboxylic acids is 1. The molecule has 3 aromatic rings. The minimum Gasteiger partial charge on any atom is -0.340 e. The molecule has 0 radical (unpaired) electrons. The van der Waals surface area contributed by atoms with Crippen molar-refractivity contribution in [2.45, 2.75) is 40.2 Å². The number of aromatic nitrogens is 4. The molecule has 0 spiro atoms. The number of fused-ring (bicyclic) bond motifs is 1. The molecule has 0 saturated heterocycles. The van der Waals surface area contributed by atoms with Gasteiger partial charge in [-0.2, -0.15) is 0 Å².